The summed E-state index contributed by atoms with van der Waals surface area (Å²) in [5.41, 5.74) is 0.745. The predicted molar refractivity (Wildman–Crippen MR) is 73.9 cm³/mol. The predicted octanol–water partition coefficient (Wildman–Crippen LogP) is 2.29. The molecule has 0 bridgehead atoms. The largest absolute Gasteiger partial charge is 0.489 e. The van der Waals surface area contributed by atoms with Crippen molar-refractivity contribution in [1.29, 1.82) is 0 Å². The average Bonchev–Trinajstić information content (AvgIpc) is 2.98. The third kappa shape index (κ3) is 2.15. The van der Waals surface area contributed by atoms with Gasteiger partial charge in [-0.05, 0) is 18.2 Å². The van der Waals surface area contributed by atoms with Crippen molar-refractivity contribution in [2.24, 2.45) is 0 Å². The maximum atomic E-state index is 10.4. The smallest absolute Gasteiger partial charge is 0.231 e. The Morgan fingerprint density at radius 1 is 0.952 bits per heavy atom. The maximum Gasteiger partial charge on any atom is 0.231 e. The van der Waals surface area contributed by atoms with Crippen LogP contribution >= 0.6 is 0 Å². The van der Waals surface area contributed by atoms with E-state index in [-0.39, 0.29) is 6.79 Å². The van der Waals surface area contributed by atoms with Gasteiger partial charge in [0.2, 0.25) is 6.79 Å². The van der Waals surface area contributed by atoms with Gasteiger partial charge in [-0.1, -0.05) is 18.2 Å². The van der Waals surface area contributed by atoms with E-state index in [4.69, 9.17) is 18.9 Å². The first-order valence-electron chi connectivity index (χ1n) is 6.77. The third-order valence-electron chi connectivity index (χ3n) is 3.62. The molecule has 0 fully saturated rings. The monoisotopic (exact) mass is 286 g/mol. The lowest BCUT2D eigenvalue weighted by Crippen LogP contribution is -2.35. The van der Waals surface area contributed by atoms with E-state index in [0.717, 1.165) is 5.56 Å². The fourth-order valence-electron chi connectivity index (χ4n) is 2.54. The highest BCUT2D eigenvalue weighted by Crippen LogP contribution is 2.37. The van der Waals surface area contributed by atoms with Gasteiger partial charge < -0.3 is 24.1 Å². The lowest BCUT2D eigenvalue weighted by molar-refractivity contribution is -0.0103. The fraction of sp³-hybridized carbons (Fsp3) is 0.250. The molecule has 0 spiro atoms. The van der Waals surface area contributed by atoms with Gasteiger partial charge in [-0.15, -0.1) is 0 Å². The van der Waals surface area contributed by atoms with Crippen molar-refractivity contribution in [3.05, 3.63) is 48.0 Å². The van der Waals surface area contributed by atoms with Gasteiger partial charge in [0.05, 0.1) is 0 Å². The number of hydrogen-bond acceptors (Lipinski definition) is 5. The molecule has 5 nitrogen and oxygen atoms in total. The van der Waals surface area contributed by atoms with Gasteiger partial charge in [0.25, 0.3) is 0 Å². The Bertz CT molecular complexity index is 669. The Labute approximate surface area is 121 Å². The van der Waals surface area contributed by atoms with Gasteiger partial charge in [-0.2, -0.15) is 0 Å². The Balaban J connectivity index is 1.56. The molecule has 5 heteroatoms. The highest BCUT2D eigenvalue weighted by atomic mass is 16.7. The van der Waals surface area contributed by atoms with Crippen LogP contribution in [0, 0.1) is 0 Å². The molecule has 0 amide bonds. The van der Waals surface area contributed by atoms with E-state index < -0.39 is 12.2 Å². The second-order valence-corrected chi connectivity index (χ2v) is 4.97. The fourth-order valence-corrected chi connectivity index (χ4v) is 2.54. The molecule has 2 aromatic carbocycles. The van der Waals surface area contributed by atoms with Crippen LogP contribution in [0.2, 0.25) is 0 Å². The second kappa shape index (κ2) is 4.86. The number of ether oxygens (including phenoxy) is 4. The molecular weight excluding hydrogens is 272 g/mol. The topological polar surface area (TPSA) is 57.2 Å². The number of fused-ring (bicyclic) bond motifs is 2. The maximum absolute atomic E-state index is 10.4. The molecule has 2 unspecified atom stereocenters. The van der Waals surface area contributed by atoms with E-state index in [0.29, 0.717) is 29.6 Å². The minimum absolute atomic E-state index is 0.224. The van der Waals surface area contributed by atoms with Gasteiger partial charge in [0, 0.05) is 11.6 Å². The molecular formula is C16H14O5. The lowest BCUT2D eigenvalue weighted by atomic mass is 10.0. The van der Waals surface area contributed by atoms with E-state index in [1.807, 2.05) is 24.3 Å². The molecule has 4 rings (SSSR count). The number of aliphatic hydroxyl groups is 1. The van der Waals surface area contributed by atoms with E-state index in [9.17, 15) is 5.11 Å². The summed E-state index contributed by atoms with van der Waals surface area (Å²) >= 11 is 0. The molecule has 0 aromatic heterocycles. The van der Waals surface area contributed by atoms with Gasteiger partial charge in [0.1, 0.15) is 24.2 Å². The molecule has 2 aliphatic heterocycles. The zero-order valence-electron chi connectivity index (χ0n) is 11.2. The van der Waals surface area contributed by atoms with E-state index in [2.05, 4.69) is 0 Å². The average molecular weight is 286 g/mol. The minimum Gasteiger partial charge on any atom is -0.489 e. The summed E-state index contributed by atoms with van der Waals surface area (Å²) in [7, 11) is 0. The van der Waals surface area contributed by atoms with E-state index >= 15 is 0 Å². The number of para-hydroxylation sites is 1. The van der Waals surface area contributed by atoms with Crippen LogP contribution in [0.1, 0.15) is 11.7 Å². The van der Waals surface area contributed by atoms with Crippen molar-refractivity contribution >= 4 is 0 Å². The minimum atomic E-state index is -0.722. The highest BCUT2D eigenvalue weighted by Gasteiger charge is 2.31. The Morgan fingerprint density at radius 2 is 1.81 bits per heavy atom. The number of hydrogen-bond donors (Lipinski definition) is 1. The molecule has 0 aliphatic carbocycles. The van der Waals surface area contributed by atoms with Crippen LogP contribution in [0.25, 0.3) is 0 Å². The molecule has 2 heterocycles. The molecule has 1 N–H and O–H groups in total. The summed E-state index contributed by atoms with van der Waals surface area (Å²) in [6, 6.07) is 12.8. The SMILES string of the molecule is OC1c2ccccc2OCC1Oc1ccc2c(c1)OCO2. The number of benzene rings is 2. The summed E-state index contributed by atoms with van der Waals surface area (Å²) in [6.45, 7) is 0.522. The zero-order valence-corrected chi connectivity index (χ0v) is 11.2. The Morgan fingerprint density at radius 3 is 2.76 bits per heavy atom. The van der Waals surface area contributed by atoms with Crippen LogP contribution in [0.4, 0.5) is 0 Å². The van der Waals surface area contributed by atoms with Crippen LogP contribution in [-0.4, -0.2) is 24.6 Å². The summed E-state index contributed by atoms with van der Waals surface area (Å²) in [5, 5.41) is 10.4. The highest BCUT2D eigenvalue weighted by molar-refractivity contribution is 5.47. The standard InChI is InChI=1S/C16H14O5/c17-16-11-3-1-2-4-12(11)18-8-15(16)21-10-5-6-13-14(7-10)20-9-19-13/h1-7,15-17H,8-9H2. The van der Waals surface area contributed by atoms with E-state index in [1.54, 1.807) is 18.2 Å². The molecule has 21 heavy (non-hydrogen) atoms. The van der Waals surface area contributed by atoms with Crippen molar-refractivity contribution in [2.75, 3.05) is 13.4 Å². The lowest BCUT2D eigenvalue weighted by Gasteiger charge is -2.30. The first-order valence-corrected chi connectivity index (χ1v) is 6.77. The van der Waals surface area contributed by atoms with Crippen molar-refractivity contribution < 1.29 is 24.1 Å². The molecule has 0 radical (unpaired) electrons. The van der Waals surface area contributed by atoms with Crippen molar-refractivity contribution in [3.63, 3.8) is 0 Å². The van der Waals surface area contributed by atoms with Crippen molar-refractivity contribution in [2.45, 2.75) is 12.2 Å². The summed E-state index contributed by atoms with van der Waals surface area (Å²) < 4.78 is 22.0. The molecule has 0 saturated heterocycles. The molecule has 2 aromatic rings. The molecule has 2 atom stereocenters. The summed E-state index contributed by atoms with van der Waals surface area (Å²) in [4.78, 5) is 0. The van der Waals surface area contributed by atoms with Crippen LogP contribution in [0.3, 0.4) is 0 Å². The normalized spacial score (nSPS) is 22.3. The van der Waals surface area contributed by atoms with Crippen LogP contribution in [0.15, 0.2) is 42.5 Å². The first-order chi connectivity index (χ1) is 10.3. The van der Waals surface area contributed by atoms with Gasteiger partial charge in [-0.25, -0.2) is 0 Å². The van der Waals surface area contributed by atoms with Crippen LogP contribution in [-0.2, 0) is 0 Å². The van der Waals surface area contributed by atoms with Gasteiger partial charge in [0.15, 0.2) is 17.6 Å². The summed E-state index contributed by atoms with van der Waals surface area (Å²) in [6.07, 6.45) is -1.18. The number of rotatable bonds is 2. The second-order valence-electron chi connectivity index (χ2n) is 4.97. The van der Waals surface area contributed by atoms with Gasteiger partial charge >= 0.3 is 0 Å². The van der Waals surface area contributed by atoms with Crippen molar-refractivity contribution in [1.82, 2.24) is 0 Å². The molecule has 2 aliphatic rings. The Kier molecular flexibility index (Phi) is 2.86. The first kappa shape index (κ1) is 12.3. The number of aliphatic hydroxyl groups excluding tert-OH is 1. The molecule has 108 valence electrons. The quantitative estimate of drug-likeness (QED) is 0.918. The molecule has 0 saturated carbocycles. The Hall–Kier alpha value is -2.40. The zero-order chi connectivity index (χ0) is 14.2. The van der Waals surface area contributed by atoms with Crippen LogP contribution in [0.5, 0.6) is 23.0 Å². The van der Waals surface area contributed by atoms with Crippen molar-refractivity contribution in [3.8, 4) is 23.0 Å². The third-order valence-corrected chi connectivity index (χ3v) is 3.62. The van der Waals surface area contributed by atoms with E-state index in [1.165, 1.54) is 0 Å². The summed E-state index contributed by atoms with van der Waals surface area (Å²) in [5.74, 6) is 2.68. The van der Waals surface area contributed by atoms with Gasteiger partial charge in [-0.3, -0.25) is 0 Å². The van der Waals surface area contributed by atoms with Crippen LogP contribution < -0.4 is 18.9 Å².